The lowest BCUT2D eigenvalue weighted by Crippen LogP contribution is -2.28. The van der Waals surface area contributed by atoms with Crippen molar-refractivity contribution in [2.75, 3.05) is 12.3 Å². The summed E-state index contributed by atoms with van der Waals surface area (Å²) in [5.74, 6) is 0.197. The summed E-state index contributed by atoms with van der Waals surface area (Å²) in [4.78, 5) is 4.00. The van der Waals surface area contributed by atoms with Crippen LogP contribution in [0.2, 0.25) is 0 Å². The second-order valence-electron chi connectivity index (χ2n) is 4.12. The predicted molar refractivity (Wildman–Crippen MR) is 69.5 cm³/mol. The number of pyridine rings is 1. The highest BCUT2D eigenvalue weighted by molar-refractivity contribution is 7.92. The maximum atomic E-state index is 11.7. The largest absolute Gasteiger partial charge is 0.312 e. The van der Waals surface area contributed by atoms with Crippen molar-refractivity contribution in [1.29, 1.82) is 0 Å². The van der Waals surface area contributed by atoms with Crippen LogP contribution in [-0.2, 0) is 16.4 Å². The second kappa shape index (κ2) is 6.71. The van der Waals surface area contributed by atoms with Gasteiger partial charge in [0.05, 0.1) is 11.0 Å². The van der Waals surface area contributed by atoms with Crippen molar-refractivity contribution in [2.45, 2.75) is 32.1 Å². The number of aromatic nitrogens is 1. The number of sulfone groups is 1. The first-order chi connectivity index (χ1) is 8.06. The first-order valence-electron chi connectivity index (χ1n) is 5.87. The molecule has 4 nitrogen and oxygen atoms in total. The van der Waals surface area contributed by atoms with Crippen LogP contribution >= 0.6 is 0 Å². The van der Waals surface area contributed by atoms with Gasteiger partial charge in [-0.1, -0.05) is 13.0 Å². The van der Waals surface area contributed by atoms with Crippen molar-refractivity contribution < 1.29 is 8.42 Å². The summed E-state index contributed by atoms with van der Waals surface area (Å²) >= 11 is 0. The molecule has 0 aliphatic carbocycles. The Balaban J connectivity index is 2.30. The van der Waals surface area contributed by atoms with E-state index >= 15 is 0 Å². The van der Waals surface area contributed by atoms with Crippen LogP contribution in [-0.4, -0.2) is 30.9 Å². The average Bonchev–Trinajstić information content (AvgIpc) is 2.35. The van der Waals surface area contributed by atoms with Gasteiger partial charge in [0.25, 0.3) is 0 Å². The Morgan fingerprint density at radius 3 is 2.82 bits per heavy atom. The zero-order valence-electron chi connectivity index (χ0n) is 10.4. The van der Waals surface area contributed by atoms with Crippen molar-refractivity contribution in [3.05, 3.63) is 30.1 Å². The monoisotopic (exact) mass is 256 g/mol. The van der Waals surface area contributed by atoms with E-state index in [9.17, 15) is 8.42 Å². The molecule has 1 rings (SSSR count). The van der Waals surface area contributed by atoms with Crippen LogP contribution in [0.5, 0.6) is 0 Å². The molecule has 1 N–H and O–H groups in total. The van der Waals surface area contributed by atoms with Gasteiger partial charge in [-0.05, 0) is 25.0 Å². The van der Waals surface area contributed by atoms with Gasteiger partial charge in [0.15, 0.2) is 9.84 Å². The molecule has 0 aliphatic rings. The molecule has 1 unspecified atom stereocenters. The summed E-state index contributed by atoms with van der Waals surface area (Å²) in [7, 11) is -2.94. The molecule has 1 heterocycles. The van der Waals surface area contributed by atoms with Crippen LogP contribution in [0.25, 0.3) is 0 Å². The molecule has 17 heavy (non-hydrogen) atoms. The van der Waals surface area contributed by atoms with E-state index in [2.05, 4.69) is 10.3 Å². The van der Waals surface area contributed by atoms with Crippen molar-refractivity contribution >= 4 is 9.84 Å². The second-order valence-corrected chi connectivity index (χ2v) is 6.66. The predicted octanol–water partition coefficient (Wildman–Crippen LogP) is 1.38. The highest BCUT2D eigenvalue weighted by Gasteiger charge is 2.17. The van der Waals surface area contributed by atoms with E-state index in [-0.39, 0.29) is 11.0 Å². The molecule has 0 amide bonds. The molecule has 0 fully saturated rings. The first-order valence-corrected chi connectivity index (χ1v) is 7.59. The van der Waals surface area contributed by atoms with Gasteiger partial charge in [-0.25, -0.2) is 8.42 Å². The van der Waals surface area contributed by atoms with Crippen molar-refractivity contribution in [3.8, 4) is 0 Å². The van der Waals surface area contributed by atoms with Gasteiger partial charge in [0, 0.05) is 25.5 Å². The van der Waals surface area contributed by atoms with Gasteiger partial charge in [-0.15, -0.1) is 0 Å². The Labute approximate surface area is 103 Å². The quantitative estimate of drug-likeness (QED) is 0.749. The average molecular weight is 256 g/mol. The molecule has 0 aliphatic heterocycles. The molecule has 0 radical (unpaired) electrons. The fraction of sp³-hybridized carbons (Fsp3) is 0.583. The lowest BCUT2D eigenvalue weighted by atomic mass is 10.3. The molecule has 5 heteroatoms. The van der Waals surface area contributed by atoms with Crippen molar-refractivity contribution in [1.82, 2.24) is 10.3 Å². The van der Waals surface area contributed by atoms with Crippen LogP contribution in [0.3, 0.4) is 0 Å². The molecular weight excluding hydrogens is 236 g/mol. The zero-order chi connectivity index (χ0) is 12.7. The van der Waals surface area contributed by atoms with Crippen LogP contribution in [0.15, 0.2) is 24.5 Å². The minimum atomic E-state index is -2.94. The van der Waals surface area contributed by atoms with Gasteiger partial charge in [-0.3, -0.25) is 4.98 Å². The Kier molecular flexibility index (Phi) is 5.58. The van der Waals surface area contributed by atoms with E-state index in [4.69, 9.17) is 0 Å². The zero-order valence-corrected chi connectivity index (χ0v) is 11.2. The van der Waals surface area contributed by atoms with Crippen LogP contribution in [0, 0.1) is 0 Å². The molecule has 0 saturated heterocycles. The lowest BCUT2D eigenvalue weighted by Gasteiger charge is -2.10. The first kappa shape index (κ1) is 14.1. The molecule has 0 spiro atoms. The Bertz CT molecular complexity index is 417. The maximum absolute atomic E-state index is 11.7. The van der Waals surface area contributed by atoms with Crippen LogP contribution < -0.4 is 5.32 Å². The summed E-state index contributed by atoms with van der Waals surface area (Å²) in [6.45, 7) is 4.80. The molecule has 0 aromatic carbocycles. The third kappa shape index (κ3) is 4.83. The third-order valence-electron chi connectivity index (χ3n) is 2.80. The molecular formula is C12H20N2O2S. The van der Waals surface area contributed by atoms with Crippen molar-refractivity contribution in [2.24, 2.45) is 0 Å². The van der Waals surface area contributed by atoms with Gasteiger partial charge < -0.3 is 5.32 Å². The molecule has 0 bridgehead atoms. The molecule has 1 aromatic rings. The third-order valence-corrected chi connectivity index (χ3v) is 5.14. The van der Waals surface area contributed by atoms with E-state index in [1.54, 1.807) is 19.3 Å². The normalized spacial score (nSPS) is 13.5. The summed E-state index contributed by atoms with van der Waals surface area (Å²) in [5, 5.41) is 2.87. The SMILES string of the molecule is CCC(C)S(=O)(=O)CCNCc1cccnc1. The number of nitrogens with one attached hydrogen (secondary N) is 1. The summed E-state index contributed by atoms with van der Waals surface area (Å²) in [5.41, 5.74) is 1.06. The van der Waals surface area contributed by atoms with Crippen LogP contribution in [0.4, 0.5) is 0 Å². The number of rotatable bonds is 7. The van der Waals surface area contributed by atoms with E-state index < -0.39 is 9.84 Å². The minimum absolute atomic E-state index is 0.197. The molecule has 0 saturated carbocycles. The standard InChI is InChI=1S/C12H20N2O2S/c1-3-11(2)17(15,16)8-7-14-10-12-5-4-6-13-9-12/h4-6,9,11,14H,3,7-8,10H2,1-2H3. The Morgan fingerprint density at radius 1 is 1.47 bits per heavy atom. The molecule has 1 aromatic heterocycles. The van der Waals surface area contributed by atoms with Gasteiger partial charge in [-0.2, -0.15) is 0 Å². The molecule has 1 atom stereocenters. The van der Waals surface area contributed by atoms with Crippen LogP contribution in [0.1, 0.15) is 25.8 Å². The van der Waals surface area contributed by atoms with Gasteiger partial charge in [0.1, 0.15) is 0 Å². The summed E-state index contributed by atoms with van der Waals surface area (Å²) in [6, 6.07) is 3.83. The highest BCUT2D eigenvalue weighted by Crippen LogP contribution is 2.05. The van der Waals surface area contributed by atoms with E-state index in [0.29, 0.717) is 19.5 Å². The molecule has 96 valence electrons. The van der Waals surface area contributed by atoms with Crippen molar-refractivity contribution in [3.63, 3.8) is 0 Å². The number of hydrogen-bond acceptors (Lipinski definition) is 4. The van der Waals surface area contributed by atoms with Gasteiger partial charge >= 0.3 is 0 Å². The fourth-order valence-corrected chi connectivity index (χ4v) is 2.74. The lowest BCUT2D eigenvalue weighted by molar-refractivity contribution is 0.576. The van der Waals surface area contributed by atoms with E-state index in [1.807, 2.05) is 19.1 Å². The smallest absolute Gasteiger partial charge is 0.154 e. The summed E-state index contributed by atoms with van der Waals surface area (Å²) < 4.78 is 23.4. The fourth-order valence-electron chi connectivity index (χ4n) is 1.40. The number of nitrogens with zero attached hydrogens (tertiary/aromatic N) is 1. The topological polar surface area (TPSA) is 59.1 Å². The summed E-state index contributed by atoms with van der Waals surface area (Å²) in [6.07, 6.45) is 4.16. The maximum Gasteiger partial charge on any atom is 0.154 e. The van der Waals surface area contributed by atoms with E-state index in [1.165, 1.54) is 0 Å². The highest BCUT2D eigenvalue weighted by atomic mass is 32.2. The Hall–Kier alpha value is -0.940. The van der Waals surface area contributed by atoms with Gasteiger partial charge in [0.2, 0.25) is 0 Å². The Morgan fingerprint density at radius 2 is 2.24 bits per heavy atom. The number of hydrogen-bond donors (Lipinski definition) is 1. The minimum Gasteiger partial charge on any atom is -0.312 e. The van der Waals surface area contributed by atoms with E-state index in [0.717, 1.165) is 5.56 Å².